The van der Waals surface area contributed by atoms with E-state index in [1.165, 1.54) is 12.1 Å². The predicted molar refractivity (Wildman–Crippen MR) is 111 cm³/mol. The normalized spacial score (nSPS) is 17.1. The highest BCUT2D eigenvalue weighted by atomic mass is 19.1. The van der Waals surface area contributed by atoms with Crippen molar-refractivity contribution < 1.29 is 13.6 Å². The maximum atomic E-state index is 12.9. The summed E-state index contributed by atoms with van der Waals surface area (Å²) in [6, 6.07) is 5.49. The molecule has 0 radical (unpaired) electrons. The molecular formula is C22H24F2N6O. The quantitative estimate of drug-likeness (QED) is 0.495. The highest BCUT2D eigenvalue weighted by Gasteiger charge is 2.29. The average molecular weight is 426 g/mol. The minimum atomic E-state index is -0.541. The zero-order chi connectivity index (χ0) is 22.4. The molecule has 1 atom stereocenters. The Hall–Kier alpha value is -3.41. The van der Waals surface area contributed by atoms with Crippen LogP contribution < -0.4 is 0 Å². The minimum absolute atomic E-state index is 0.0415. The van der Waals surface area contributed by atoms with Gasteiger partial charge in [-0.1, -0.05) is 6.58 Å². The number of halogens is 2. The van der Waals surface area contributed by atoms with Gasteiger partial charge in [0.2, 0.25) is 0 Å². The van der Waals surface area contributed by atoms with Crippen molar-refractivity contribution in [1.82, 2.24) is 19.8 Å². The molecule has 162 valence electrons. The van der Waals surface area contributed by atoms with Crippen molar-refractivity contribution in [2.45, 2.75) is 50.6 Å². The first kappa shape index (κ1) is 22.3. The predicted octanol–water partition coefficient (Wildman–Crippen LogP) is 3.89. The van der Waals surface area contributed by atoms with Crippen LogP contribution in [0.5, 0.6) is 0 Å². The molecule has 31 heavy (non-hydrogen) atoms. The summed E-state index contributed by atoms with van der Waals surface area (Å²) in [4.78, 5) is 14.6. The number of allylic oxidation sites excluding steroid dienone is 1. The number of hydrogen-bond acceptors (Lipinski definition) is 6. The van der Waals surface area contributed by atoms with Crippen LogP contribution in [0.2, 0.25) is 0 Å². The van der Waals surface area contributed by atoms with Gasteiger partial charge in [-0.15, -0.1) is 5.10 Å². The zero-order valence-corrected chi connectivity index (χ0v) is 17.3. The molecule has 2 aliphatic rings. The summed E-state index contributed by atoms with van der Waals surface area (Å²) in [5.74, 6) is 0.541. The summed E-state index contributed by atoms with van der Waals surface area (Å²) in [6.07, 6.45) is 6.94. The number of hydrazone groups is 1. The number of rotatable bonds is 7. The van der Waals surface area contributed by atoms with E-state index in [-0.39, 0.29) is 11.9 Å². The number of aromatic nitrogens is 3. The van der Waals surface area contributed by atoms with E-state index in [0.717, 1.165) is 37.4 Å². The Morgan fingerprint density at radius 2 is 2.03 bits per heavy atom. The van der Waals surface area contributed by atoms with Crippen LogP contribution in [0.15, 0.2) is 35.5 Å². The first-order chi connectivity index (χ1) is 14.9. The van der Waals surface area contributed by atoms with Crippen molar-refractivity contribution in [2.24, 2.45) is 5.10 Å². The zero-order valence-electron chi connectivity index (χ0n) is 17.3. The molecule has 1 aliphatic heterocycles. The Labute approximate surface area is 179 Å². The van der Waals surface area contributed by atoms with Crippen LogP contribution in [-0.2, 0) is 11.3 Å². The second kappa shape index (κ2) is 10.1. The minimum Gasteiger partial charge on any atom is -0.298 e. The molecule has 1 aromatic heterocycles. The molecule has 2 heterocycles. The lowest BCUT2D eigenvalue weighted by Crippen LogP contribution is -2.14. The smallest absolute Gasteiger partial charge is 0.252 e. The number of carbonyl (C=O) groups is 1. The van der Waals surface area contributed by atoms with Crippen molar-refractivity contribution in [3.63, 3.8) is 0 Å². The molecule has 1 saturated carbocycles. The summed E-state index contributed by atoms with van der Waals surface area (Å²) < 4.78 is 27.6. The van der Waals surface area contributed by atoms with Crippen LogP contribution in [0.3, 0.4) is 0 Å². The number of nitriles is 1. The van der Waals surface area contributed by atoms with Gasteiger partial charge in [0.05, 0.1) is 6.04 Å². The Balaban J connectivity index is 0.000000179. The van der Waals surface area contributed by atoms with Gasteiger partial charge in [0.25, 0.3) is 5.82 Å². The van der Waals surface area contributed by atoms with Gasteiger partial charge in [0.1, 0.15) is 29.8 Å². The fourth-order valence-corrected chi connectivity index (χ4v) is 3.35. The fourth-order valence-electron chi connectivity index (χ4n) is 3.35. The van der Waals surface area contributed by atoms with E-state index in [1.807, 2.05) is 6.07 Å². The summed E-state index contributed by atoms with van der Waals surface area (Å²) in [5.41, 5.74) is 1.22. The van der Waals surface area contributed by atoms with E-state index in [4.69, 9.17) is 5.26 Å². The van der Waals surface area contributed by atoms with Crippen molar-refractivity contribution in [3.05, 3.63) is 59.2 Å². The fraction of sp³-hybridized carbons (Fsp3) is 0.409. The second-order valence-electron chi connectivity index (χ2n) is 7.61. The number of aldehydes is 1. The van der Waals surface area contributed by atoms with E-state index in [0.29, 0.717) is 36.4 Å². The number of aryl methyl sites for hydroxylation is 1. The summed E-state index contributed by atoms with van der Waals surface area (Å²) in [7, 11) is 1.79. The molecule has 1 fully saturated rings. The monoisotopic (exact) mass is 426 g/mol. The third kappa shape index (κ3) is 6.04. The van der Waals surface area contributed by atoms with Gasteiger partial charge in [0.15, 0.2) is 0 Å². The van der Waals surface area contributed by atoms with Crippen LogP contribution in [0, 0.1) is 23.0 Å². The van der Waals surface area contributed by atoms with Gasteiger partial charge in [-0.05, 0) is 49.0 Å². The first-order valence-corrected chi connectivity index (χ1v) is 10.1. The molecule has 1 aliphatic carbocycles. The van der Waals surface area contributed by atoms with Crippen molar-refractivity contribution >= 4 is 12.5 Å². The van der Waals surface area contributed by atoms with Crippen molar-refractivity contribution in [2.75, 3.05) is 7.05 Å². The lowest BCUT2D eigenvalue weighted by molar-refractivity contribution is -0.105. The van der Waals surface area contributed by atoms with Gasteiger partial charge in [-0.25, -0.2) is 18.4 Å². The molecule has 0 spiro atoms. The van der Waals surface area contributed by atoms with Gasteiger partial charge >= 0.3 is 0 Å². The van der Waals surface area contributed by atoms with Crippen molar-refractivity contribution in [1.29, 1.82) is 5.26 Å². The Morgan fingerprint density at radius 3 is 2.58 bits per heavy atom. The summed E-state index contributed by atoms with van der Waals surface area (Å²) in [5, 5.41) is 18.6. The average Bonchev–Trinajstić information content (AvgIpc) is 3.36. The van der Waals surface area contributed by atoms with Gasteiger partial charge in [0, 0.05) is 38.2 Å². The number of hydrogen-bond donors (Lipinski definition) is 0. The molecule has 9 heteroatoms. The lowest BCUT2D eigenvalue weighted by atomic mass is 10.0. The maximum absolute atomic E-state index is 12.9. The number of carbonyl (C=O) groups excluding carboxylic acids is 1. The molecule has 0 bridgehead atoms. The first-order valence-electron chi connectivity index (χ1n) is 10.1. The molecule has 0 amide bonds. The highest BCUT2D eigenvalue weighted by molar-refractivity contribution is 5.71. The molecule has 7 nitrogen and oxygen atoms in total. The van der Waals surface area contributed by atoms with Gasteiger partial charge < -0.3 is 0 Å². The summed E-state index contributed by atoms with van der Waals surface area (Å²) >= 11 is 0. The molecule has 4 rings (SSSR count). The van der Waals surface area contributed by atoms with E-state index in [1.54, 1.807) is 23.0 Å². The Kier molecular flexibility index (Phi) is 7.23. The number of benzene rings is 1. The molecule has 2 aromatic rings. The molecule has 1 unspecified atom stereocenters. The third-order valence-electron chi connectivity index (χ3n) is 5.09. The maximum Gasteiger partial charge on any atom is 0.252 e. The van der Waals surface area contributed by atoms with Gasteiger partial charge in [-0.3, -0.25) is 9.80 Å². The van der Waals surface area contributed by atoms with E-state index >= 15 is 0 Å². The molecular weight excluding hydrogens is 402 g/mol. The van der Waals surface area contributed by atoms with Crippen LogP contribution in [0.4, 0.5) is 8.78 Å². The SMILES string of the molecule is C=C(C=O)CCCn1nc(C#N)nc1C1CC1.CN1N=CCC1c1cc(F)cc(F)c1. The van der Waals surface area contributed by atoms with Crippen LogP contribution >= 0.6 is 0 Å². The highest BCUT2D eigenvalue weighted by Crippen LogP contribution is 2.39. The van der Waals surface area contributed by atoms with E-state index in [9.17, 15) is 13.6 Å². The Morgan fingerprint density at radius 1 is 1.32 bits per heavy atom. The largest absolute Gasteiger partial charge is 0.298 e. The van der Waals surface area contributed by atoms with E-state index in [2.05, 4.69) is 21.8 Å². The Bertz CT molecular complexity index is 1000. The standard InChI is InChI=1S/C12H14N4O.C10H10F2N2/c1-9(8-17)3-2-6-16-12(10-4-5-10)14-11(7-13)15-16;1-14-10(2-3-13-14)7-4-8(11)6-9(12)5-7/h8,10H,1-6H2;3-6,10H,2H2,1H3. The molecule has 1 aromatic carbocycles. The topological polar surface area (TPSA) is 87.2 Å². The van der Waals surface area contributed by atoms with Crippen LogP contribution in [0.25, 0.3) is 0 Å². The van der Waals surface area contributed by atoms with Crippen LogP contribution in [0.1, 0.15) is 61.3 Å². The van der Waals surface area contributed by atoms with E-state index < -0.39 is 11.6 Å². The van der Waals surface area contributed by atoms with Crippen LogP contribution in [-0.4, -0.2) is 39.3 Å². The van der Waals surface area contributed by atoms with Crippen molar-refractivity contribution in [3.8, 4) is 6.07 Å². The third-order valence-corrected chi connectivity index (χ3v) is 5.09. The lowest BCUT2D eigenvalue weighted by Gasteiger charge is -2.19. The molecule has 0 saturated heterocycles. The summed E-state index contributed by atoms with van der Waals surface area (Å²) in [6.45, 7) is 4.32. The van der Waals surface area contributed by atoms with Gasteiger partial charge in [-0.2, -0.15) is 10.4 Å². The molecule has 0 N–H and O–H groups in total. The second-order valence-corrected chi connectivity index (χ2v) is 7.61. The number of nitrogens with zero attached hydrogens (tertiary/aromatic N) is 6.